The normalized spacial score (nSPS) is 17.1. The van der Waals surface area contributed by atoms with Gasteiger partial charge in [0, 0.05) is 12.0 Å². The van der Waals surface area contributed by atoms with Crippen LogP contribution in [0.4, 0.5) is 11.4 Å². The molecule has 2 heterocycles. The number of aryl methyl sites for hydroxylation is 4. The third-order valence-electron chi connectivity index (χ3n) is 6.25. The van der Waals surface area contributed by atoms with E-state index in [1.165, 1.54) is 21.9 Å². The molecule has 0 radical (unpaired) electrons. The van der Waals surface area contributed by atoms with Crippen molar-refractivity contribution in [3.05, 3.63) is 80.5 Å². The van der Waals surface area contributed by atoms with Crippen LogP contribution in [0, 0.1) is 13.8 Å². The number of rotatable bonds is 5. The third kappa shape index (κ3) is 3.79. The molecule has 0 fully saturated rings. The van der Waals surface area contributed by atoms with Crippen molar-refractivity contribution in [1.29, 1.82) is 0 Å². The number of hydrogen-bond acceptors (Lipinski definition) is 6. The fourth-order valence-corrected chi connectivity index (χ4v) is 4.54. The third-order valence-corrected chi connectivity index (χ3v) is 6.25. The van der Waals surface area contributed by atoms with Crippen LogP contribution in [-0.4, -0.2) is 26.0 Å². The van der Waals surface area contributed by atoms with Crippen molar-refractivity contribution in [1.82, 2.24) is 9.78 Å². The second-order valence-corrected chi connectivity index (χ2v) is 8.67. The number of aliphatic carboxylic acids is 1. The van der Waals surface area contributed by atoms with E-state index in [1.54, 1.807) is 19.1 Å². The van der Waals surface area contributed by atoms with Crippen LogP contribution in [0.2, 0.25) is 0 Å². The number of fused-ring (bicyclic) bond motifs is 1. The molecule has 9 heteroatoms. The number of nitrogens with one attached hydrogen (secondary N) is 1. The smallest absolute Gasteiger partial charge is 0.370 e. The van der Waals surface area contributed by atoms with Crippen molar-refractivity contribution in [3.8, 4) is 11.4 Å². The number of aromatic hydroxyl groups is 1. The Morgan fingerprint density at radius 3 is 2.71 bits per heavy atom. The summed E-state index contributed by atoms with van der Waals surface area (Å²) < 4.78 is 6.91. The Morgan fingerprint density at radius 2 is 1.94 bits per heavy atom. The van der Waals surface area contributed by atoms with E-state index >= 15 is 0 Å². The molecule has 1 atom stereocenters. The van der Waals surface area contributed by atoms with Crippen molar-refractivity contribution in [2.24, 2.45) is 10.2 Å². The van der Waals surface area contributed by atoms with Gasteiger partial charge >= 0.3 is 5.97 Å². The van der Waals surface area contributed by atoms with E-state index in [0.717, 1.165) is 30.5 Å². The number of aromatic amines is 1. The number of carbonyl (C=O) groups is 1. The lowest BCUT2D eigenvalue weighted by molar-refractivity contribution is -0.137. The van der Waals surface area contributed by atoms with Crippen LogP contribution in [-0.2, 0) is 22.4 Å². The standard InChI is InChI=1S/C25H24N4O5/c1-13-10-18(20-8-9-21(34-20)25(32)33)23(30)19(11-13)26-27-22-14(2)28-29(24(22)31)17-7-6-15-4-3-5-16(15)12-17/h6-7,9-12,20,28,30H,3-5,8H2,1-2H3,(H,32,33). The summed E-state index contributed by atoms with van der Waals surface area (Å²) >= 11 is 0. The fraction of sp³-hybridized carbons (Fsp3) is 0.280. The first-order valence-electron chi connectivity index (χ1n) is 11.1. The van der Waals surface area contributed by atoms with Crippen molar-refractivity contribution < 1.29 is 19.7 Å². The van der Waals surface area contributed by atoms with Gasteiger partial charge in [0.15, 0.2) is 5.69 Å². The maximum absolute atomic E-state index is 13.1. The molecule has 2 aromatic carbocycles. The summed E-state index contributed by atoms with van der Waals surface area (Å²) in [5.41, 5.74) is 5.07. The van der Waals surface area contributed by atoms with Gasteiger partial charge in [0.1, 0.15) is 17.5 Å². The van der Waals surface area contributed by atoms with Crippen molar-refractivity contribution >= 4 is 17.3 Å². The van der Waals surface area contributed by atoms with E-state index in [1.807, 2.05) is 19.1 Å². The van der Waals surface area contributed by atoms with Gasteiger partial charge in [-0.3, -0.25) is 9.89 Å². The number of benzene rings is 2. The molecule has 9 nitrogen and oxygen atoms in total. The number of hydrogen-bond donors (Lipinski definition) is 3. The fourth-order valence-electron chi connectivity index (χ4n) is 4.54. The highest BCUT2D eigenvalue weighted by Crippen LogP contribution is 2.41. The summed E-state index contributed by atoms with van der Waals surface area (Å²) in [4.78, 5) is 24.2. The zero-order chi connectivity index (χ0) is 24.0. The second-order valence-electron chi connectivity index (χ2n) is 8.67. The van der Waals surface area contributed by atoms with Gasteiger partial charge in [-0.05, 0) is 80.1 Å². The number of carboxylic acids is 1. The van der Waals surface area contributed by atoms with Crippen LogP contribution in [0.15, 0.2) is 57.2 Å². The Bertz CT molecular complexity index is 1430. The van der Waals surface area contributed by atoms with Gasteiger partial charge in [-0.25, -0.2) is 9.48 Å². The highest BCUT2D eigenvalue weighted by molar-refractivity contribution is 5.84. The zero-order valence-corrected chi connectivity index (χ0v) is 18.8. The molecule has 0 spiro atoms. The second kappa shape index (κ2) is 8.33. The number of phenolic OH excluding ortho intramolecular Hbond substituents is 1. The van der Waals surface area contributed by atoms with Gasteiger partial charge in [0.05, 0.1) is 11.4 Å². The lowest BCUT2D eigenvalue weighted by Crippen LogP contribution is -2.14. The van der Waals surface area contributed by atoms with Crippen LogP contribution in [0.25, 0.3) is 5.69 Å². The van der Waals surface area contributed by atoms with Crippen LogP contribution < -0.4 is 5.56 Å². The van der Waals surface area contributed by atoms with Gasteiger partial charge in [-0.15, -0.1) is 10.2 Å². The molecule has 1 aliphatic heterocycles. The molecule has 1 aliphatic carbocycles. The molecule has 1 unspecified atom stereocenters. The van der Waals surface area contributed by atoms with Crippen molar-refractivity contribution in [2.45, 2.75) is 45.6 Å². The van der Waals surface area contributed by atoms with Gasteiger partial charge in [-0.2, -0.15) is 0 Å². The largest absolute Gasteiger partial charge is 0.505 e. The number of azo groups is 1. The maximum atomic E-state index is 13.1. The number of H-pyrrole nitrogens is 1. The van der Waals surface area contributed by atoms with Gasteiger partial charge < -0.3 is 14.9 Å². The highest BCUT2D eigenvalue weighted by atomic mass is 16.5. The minimum Gasteiger partial charge on any atom is -0.505 e. The van der Waals surface area contributed by atoms with Crippen LogP contribution in [0.3, 0.4) is 0 Å². The summed E-state index contributed by atoms with van der Waals surface area (Å²) in [5, 5.41) is 31.3. The molecule has 34 heavy (non-hydrogen) atoms. The molecular formula is C25H24N4O5. The maximum Gasteiger partial charge on any atom is 0.370 e. The summed E-state index contributed by atoms with van der Waals surface area (Å²) in [6, 6.07) is 9.37. The monoisotopic (exact) mass is 460 g/mol. The first kappa shape index (κ1) is 21.7. The molecular weight excluding hydrogens is 436 g/mol. The molecule has 3 N–H and O–H groups in total. The Balaban J connectivity index is 1.46. The number of ether oxygens (including phenoxy) is 1. The lowest BCUT2D eigenvalue weighted by atomic mass is 10.0. The number of carboxylic acid groups (broad SMARTS) is 1. The molecule has 0 saturated heterocycles. The molecule has 2 aliphatic rings. The van der Waals surface area contributed by atoms with Crippen LogP contribution in [0.5, 0.6) is 5.75 Å². The highest BCUT2D eigenvalue weighted by Gasteiger charge is 2.27. The number of phenols is 1. The summed E-state index contributed by atoms with van der Waals surface area (Å²) in [6.45, 7) is 3.57. The first-order chi connectivity index (χ1) is 16.3. The average Bonchev–Trinajstić information content (AvgIpc) is 3.53. The molecule has 1 aromatic heterocycles. The average molecular weight is 460 g/mol. The van der Waals surface area contributed by atoms with Crippen molar-refractivity contribution in [2.75, 3.05) is 0 Å². The van der Waals surface area contributed by atoms with E-state index in [0.29, 0.717) is 17.7 Å². The molecule has 0 saturated carbocycles. The summed E-state index contributed by atoms with van der Waals surface area (Å²) in [7, 11) is 0. The molecule has 0 amide bonds. The zero-order valence-electron chi connectivity index (χ0n) is 18.8. The minimum atomic E-state index is -1.16. The number of aromatic nitrogens is 2. The Morgan fingerprint density at radius 1 is 1.15 bits per heavy atom. The van der Waals surface area contributed by atoms with E-state index < -0.39 is 12.1 Å². The molecule has 174 valence electrons. The first-order valence-corrected chi connectivity index (χ1v) is 11.1. The molecule has 5 rings (SSSR count). The minimum absolute atomic E-state index is 0.148. The summed E-state index contributed by atoms with van der Waals surface area (Å²) in [5.74, 6) is -1.47. The molecule has 3 aromatic rings. The Hall–Kier alpha value is -4.14. The van der Waals surface area contributed by atoms with E-state index in [2.05, 4.69) is 21.4 Å². The Kier molecular flexibility index (Phi) is 5.31. The predicted molar refractivity (Wildman–Crippen MR) is 124 cm³/mol. The van der Waals surface area contributed by atoms with Gasteiger partial charge in [-0.1, -0.05) is 6.07 Å². The van der Waals surface area contributed by atoms with E-state index in [9.17, 15) is 14.7 Å². The Labute approximate surface area is 195 Å². The van der Waals surface area contributed by atoms with E-state index in [4.69, 9.17) is 9.84 Å². The van der Waals surface area contributed by atoms with Gasteiger partial charge in [0.2, 0.25) is 5.76 Å². The number of nitrogens with zero attached hydrogens (tertiary/aromatic N) is 3. The van der Waals surface area contributed by atoms with Crippen molar-refractivity contribution in [3.63, 3.8) is 0 Å². The quantitative estimate of drug-likeness (QED) is 0.470. The van der Waals surface area contributed by atoms with Crippen LogP contribution in [0.1, 0.15) is 46.9 Å². The SMILES string of the molecule is Cc1cc(N=Nc2c(C)[nH]n(-c3ccc4c(c3)CCC4)c2=O)c(O)c(C2CC=C(C(=O)O)O2)c1. The van der Waals surface area contributed by atoms with Gasteiger partial charge in [0.25, 0.3) is 5.56 Å². The van der Waals surface area contributed by atoms with E-state index in [-0.39, 0.29) is 28.4 Å². The predicted octanol–water partition coefficient (Wildman–Crippen LogP) is 4.82. The van der Waals surface area contributed by atoms with Crippen LogP contribution >= 0.6 is 0 Å². The lowest BCUT2D eigenvalue weighted by Gasteiger charge is -2.15. The summed E-state index contributed by atoms with van der Waals surface area (Å²) in [6.07, 6.45) is 4.35. The topological polar surface area (TPSA) is 129 Å². The molecule has 0 bridgehead atoms.